The number of alkyl carbamates (subject to hydrolysis) is 1. The Morgan fingerprint density at radius 2 is 1.67 bits per heavy atom. The number of nitrogens with zero attached hydrogens (tertiary/aromatic N) is 3. The second-order valence-corrected chi connectivity index (χ2v) is 14.8. The lowest BCUT2D eigenvalue weighted by Gasteiger charge is -2.41. The zero-order valence-electron chi connectivity index (χ0n) is 29.6. The fourth-order valence-electron chi connectivity index (χ4n) is 6.02. The molecule has 0 aliphatic carbocycles. The van der Waals surface area contributed by atoms with Crippen molar-refractivity contribution in [1.82, 2.24) is 15.1 Å². The highest BCUT2D eigenvalue weighted by molar-refractivity contribution is 5.94. The van der Waals surface area contributed by atoms with Gasteiger partial charge in [-0.2, -0.15) is 0 Å². The molecule has 2 aliphatic rings. The van der Waals surface area contributed by atoms with Gasteiger partial charge in [0.15, 0.2) is 0 Å². The maximum absolute atomic E-state index is 12.8. The molecule has 1 atom stereocenters. The van der Waals surface area contributed by atoms with Gasteiger partial charge in [-0.05, 0) is 127 Å². The van der Waals surface area contributed by atoms with Crippen LogP contribution in [0.5, 0.6) is 0 Å². The summed E-state index contributed by atoms with van der Waals surface area (Å²) in [4.78, 5) is 34.4. The maximum Gasteiger partial charge on any atom is 0.410 e. The van der Waals surface area contributed by atoms with Gasteiger partial charge in [0, 0.05) is 37.4 Å². The quantitative estimate of drug-likeness (QED) is 0.188. The molecule has 0 spiro atoms. The van der Waals surface area contributed by atoms with Crippen molar-refractivity contribution in [3.63, 3.8) is 0 Å². The Bertz CT molecular complexity index is 1370. The number of carbonyl (C=O) groups excluding carboxylic acids is 2. The molecule has 2 amide bonds. The van der Waals surface area contributed by atoms with E-state index in [9.17, 15) is 9.59 Å². The average molecular weight is 621 g/mol. The van der Waals surface area contributed by atoms with Gasteiger partial charge in [-0.15, -0.1) is 0 Å². The molecule has 45 heavy (non-hydrogen) atoms. The summed E-state index contributed by atoms with van der Waals surface area (Å²) >= 11 is 0. The van der Waals surface area contributed by atoms with E-state index in [0.717, 1.165) is 77.3 Å². The molecule has 1 aromatic rings. The molecular formula is C37H56N4O4. The van der Waals surface area contributed by atoms with Crippen molar-refractivity contribution < 1.29 is 19.1 Å². The third kappa shape index (κ3) is 9.24. The Morgan fingerprint density at radius 1 is 1.07 bits per heavy atom. The first-order valence-electron chi connectivity index (χ1n) is 16.2. The van der Waals surface area contributed by atoms with Gasteiger partial charge in [-0.25, -0.2) is 14.6 Å². The van der Waals surface area contributed by atoms with Gasteiger partial charge in [0.2, 0.25) is 0 Å². The Kier molecular flexibility index (Phi) is 11.0. The molecule has 1 unspecified atom stereocenters. The van der Waals surface area contributed by atoms with E-state index >= 15 is 0 Å². The van der Waals surface area contributed by atoms with Gasteiger partial charge in [0.25, 0.3) is 0 Å². The summed E-state index contributed by atoms with van der Waals surface area (Å²) in [5.41, 5.74) is 6.08. The van der Waals surface area contributed by atoms with Crippen LogP contribution in [0, 0.1) is 12.8 Å². The molecule has 8 heteroatoms. The largest absolute Gasteiger partial charge is 0.444 e. The molecule has 2 aliphatic heterocycles. The lowest BCUT2D eigenvalue weighted by Crippen LogP contribution is -2.55. The summed E-state index contributed by atoms with van der Waals surface area (Å²) in [6.07, 6.45) is 3.61. The summed E-state index contributed by atoms with van der Waals surface area (Å²) < 4.78 is 11.1. The number of hydrogen-bond acceptors (Lipinski definition) is 5. The summed E-state index contributed by atoms with van der Waals surface area (Å²) in [6, 6.07) is 4.25. The van der Waals surface area contributed by atoms with Crippen LogP contribution in [0.3, 0.4) is 0 Å². The van der Waals surface area contributed by atoms with Crippen molar-refractivity contribution in [2.75, 3.05) is 13.1 Å². The van der Waals surface area contributed by atoms with Crippen molar-refractivity contribution in [1.29, 1.82) is 0 Å². The van der Waals surface area contributed by atoms with Gasteiger partial charge in [0.1, 0.15) is 17.0 Å². The zero-order valence-corrected chi connectivity index (χ0v) is 29.6. The van der Waals surface area contributed by atoms with Crippen LogP contribution in [0.15, 0.2) is 47.6 Å². The molecule has 1 saturated heterocycles. The topological polar surface area (TPSA) is 83.5 Å². The van der Waals surface area contributed by atoms with E-state index in [0.29, 0.717) is 13.1 Å². The van der Waals surface area contributed by atoms with E-state index in [1.165, 1.54) is 0 Å². The van der Waals surface area contributed by atoms with Crippen LogP contribution in [0.1, 0.15) is 111 Å². The standard InChI is InChI=1S/C37H56N4O4/c1-14-24(3)32(26(5)29-17-16-28-22-41(23-30(28)25(29)4)34(43)45-36(10,11)12)27(6)38-31(15-2)40-20-18-37(13,19-21-40)39-33(42)44-35(7,8)9/h15-17,24H,2,5,14,18-23H2,1,3-4,6-13H3,(H,39,42)/b32-27+,38-31?. The van der Waals surface area contributed by atoms with Crippen molar-refractivity contribution in [3.05, 3.63) is 64.9 Å². The molecule has 3 rings (SSSR count). The van der Waals surface area contributed by atoms with Crippen molar-refractivity contribution >= 4 is 23.6 Å². The fraction of sp³-hybridized carbons (Fsp3) is 0.595. The van der Waals surface area contributed by atoms with Gasteiger partial charge in [0.05, 0.1) is 0 Å². The molecule has 2 heterocycles. The highest BCUT2D eigenvalue weighted by Gasteiger charge is 2.34. The first-order chi connectivity index (χ1) is 20.8. The predicted octanol–water partition coefficient (Wildman–Crippen LogP) is 8.54. The molecule has 1 N–H and O–H groups in total. The number of amides is 2. The number of ether oxygens (including phenoxy) is 2. The minimum atomic E-state index is -0.538. The summed E-state index contributed by atoms with van der Waals surface area (Å²) in [7, 11) is 0. The minimum Gasteiger partial charge on any atom is -0.444 e. The highest BCUT2D eigenvalue weighted by atomic mass is 16.6. The SMILES string of the molecule is C=CC(=N/C(C)=C(/C(=C)c1ccc2c(c1C)CN(C(=O)OC(C)(C)C)C2)C(C)CC)N1CCC(C)(NC(=O)OC(C)(C)C)CC1. The first-order valence-corrected chi connectivity index (χ1v) is 16.2. The second-order valence-electron chi connectivity index (χ2n) is 14.8. The number of hydrogen-bond donors (Lipinski definition) is 1. The van der Waals surface area contributed by atoms with E-state index in [1.54, 1.807) is 4.90 Å². The second kappa shape index (κ2) is 13.8. The number of piperidine rings is 1. The molecule has 1 fully saturated rings. The van der Waals surface area contributed by atoms with Crippen LogP contribution < -0.4 is 5.32 Å². The lowest BCUT2D eigenvalue weighted by molar-refractivity contribution is 0.0241. The molecule has 1 aromatic carbocycles. The summed E-state index contributed by atoms with van der Waals surface area (Å²) in [5.74, 6) is 1.06. The van der Waals surface area contributed by atoms with E-state index in [-0.39, 0.29) is 23.6 Å². The van der Waals surface area contributed by atoms with E-state index < -0.39 is 11.2 Å². The van der Waals surface area contributed by atoms with Crippen LogP contribution in [-0.2, 0) is 22.6 Å². The number of rotatable bonds is 7. The molecule has 0 bridgehead atoms. The van der Waals surface area contributed by atoms with E-state index in [2.05, 4.69) is 70.1 Å². The van der Waals surface area contributed by atoms with Crippen LogP contribution in [0.25, 0.3) is 5.57 Å². The molecule has 0 aromatic heterocycles. The summed E-state index contributed by atoms with van der Waals surface area (Å²) in [5, 5.41) is 3.08. The Labute approximate surface area is 271 Å². The highest BCUT2D eigenvalue weighted by Crippen LogP contribution is 2.38. The van der Waals surface area contributed by atoms with Gasteiger partial charge < -0.3 is 19.7 Å². The number of likely N-dealkylation sites (tertiary alicyclic amines) is 1. The lowest BCUT2D eigenvalue weighted by atomic mass is 9.84. The number of allylic oxidation sites excluding steroid dienone is 3. The average Bonchev–Trinajstić information content (AvgIpc) is 3.36. The Balaban J connectivity index is 1.84. The van der Waals surface area contributed by atoms with E-state index in [1.807, 2.05) is 47.6 Å². The molecular weight excluding hydrogens is 564 g/mol. The van der Waals surface area contributed by atoms with Gasteiger partial charge in [-0.1, -0.05) is 39.1 Å². The van der Waals surface area contributed by atoms with Crippen molar-refractivity contribution in [3.8, 4) is 0 Å². The number of benzene rings is 1. The predicted molar refractivity (Wildman–Crippen MR) is 184 cm³/mol. The molecule has 0 saturated carbocycles. The minimum absolute atomic E-state index is 0.237. The van der Waals surface area contributed by atoms with Crippen LogP contribution in [0.4, 0.5) is 9.59 Å². The van der Waals surface area contributed by atoms with Crippen molar-refractivity contribution in [2.24, 2.45) is 10.9 Å². The van der Waals surface area contributed by atoms with Crippen LogP contribution in [-0.4, -0.2) is 57.7 Å². The third-order valence-corrected chi connectivity index (χ3v) is 8.66. The zero-order chi connectivity index (χ0) is 33.9. The molecule has 8 nitrogen and oxygen atoms in total. The van der Waals surface area contributed by atoms with Crippen LogP contribution >= 0.6 is 0 Å². The van der Waals surface area contributed by atoms with Gasteiger partial charge >= 0.3 is 12.2 Å². The smallest absolute Gasteiger partial charge is 0.410 e. The van der Waals surface area contributed by atoms with Crippen molar-refractivity contribution in [2.45, 2.75) is 125 Å². The first kappa shape index (κ1) is 35.9. The van der Waals surface area contributed by atoms with E-state index in [4.69, 9.17) is 14.5 Å². The molecule has 248 valence electrons. The number of nitrogens with one attached hydrogen (secondary N) is 1. The maximum atomic E-state index is 12.8. The normalized spacial score (nSPS) is 18.1. The fourth-order valence-corrected chi connectivity index (χ4v) is 6.02. The Morgan fingerprint density at radius 3 is 2.20 bits per heavy atom. The van der Waals surface area contributed by atoms with Gasteiger partial charge in [-0.3, -0.25) is 4.90 Å². The van der Waals surface area contributed by atoms with Crippen LogP contribution in [0.2, 0.25) is 0 Å². The number of aliphatic imine (C=N–C) groups is 1. The summed E-state index contributed by atoms with van der Waals surface area (Å²) in [6.45, 7) is 33.1. The monoisotopic (exact) mass is 620 g/mol. The number of amidine groups is 1. The number of fused-ring (bicyclic) bond motifs is 1. The Hall–Kier alpha value is -3.55. The molecule has 0 radical (unpaired) electrons. The number of carbonyl (C=O) groups is 2. The third-order valence-electron chi connectivity index (χ3n) is 8.66.